The molecule has 3 nitrogen and oxygen atoms in total. The van der Waals surface area contributed by atoms with Gasteiger partial charge in [0.25, 0.3) is 0 Å². The second-order valence-electron chi connectivity index (χ2n) is 5.39. The molecule has 1 amide bonds. The van der Waals surface area contributed by atoms with E-state index in [1.807, 2.05) is 30.3 Å². The van der Waals surface area contributed by atoms with Crippen LogP contribution in [0.15, 0.2) is 71.3 Å². The number of amides is 1. The molecule has 0 atom stereocenters. The number of halogens is 3. The Morgan fingerprint density at radius 3 is 1.84 bits per heavy atom. The Balaban J connectivity index is 1.94. The Bertz CT molecular complexity index is 820. The van der Waals surface area contributed by atoms with Gasteiger partial charge in [-0.15, -0.1) is 0 Å². The number of hydrogen-bond acceptors (Lipinski definition) is 2. The average Bonchev–Trinajstić information content (AvgIpc) is 2.60. The minimum absolute atomic E-state index is 0.181. The minimum atomic E-state index is -0.500. The molecule has 1 N–H and O–H groups in total. The summed E-state index contributed by atoms with van der Waals surface area (Å²) in [6, 6.07) is 18.0. The van der Waals surface area contributed by atoms with Gasteiger partial charge in [0.15, 0.2) is 0 Å². The molecule has 3 aromatic rings. The maximum Gasteiger partial charge on any atom is 0.237 e. The first kappa shape index (κ1) is 17.9. The van der Waals surface area contributed by atoms with Crippen molar-refractivity contribution in [3.05, 3.63) is 92.5 Å². The number of carbonyl (C=O) groups excluding carboxylic acids is 1. The highest BCUT2D eigenvalue weighted by molar-refractivity contribution is 9.10. The van der Waals surface area contributed by atoms with E-state index >= 15 is 0 Å². The number of anilines is 1. The highest BCUT2D eigenvalue weighted by Crippen LogP contribution is 2.28. The molecule has 0 aliphatic carbocycles. The normalized spacial score (nSPS) is 10.7. The molecule has 2 aromatic carbocycles. The molecule has 0 saturated carbocycles. The van der Waals surface area contributed by atoms with E-state index in [4.69, 9.17) is 23.2 Å². The summed E-state index contributed by atoms with van der Waals surface area (Å²) in [7, 11) is 0. The predicted molar refractivity (Wildman–Crippen MR) is 105 cm³/mol. The van der Waals surface area contributed by atoms with Crippen molar-refractivity contribution >= 4 is 50.9 Å². The molecule has 0 saturated heterocycles. The molecular weight excluding hydrogens is 423 g/mol. The van der Waals surface area contributed by atoms with Crippen LogP contribution in [0.5, 0.6) is 0 Å². The minimum Gasteiger partial charge on any atom is -0.310 e. The van der Waals surface area contributed by atoms with Gasteiger partial charge in [0, 0.05) is 20.7 Å². The lowest BCUT2D eigenvalue weighted by Gasteiger charge is -2.18. The summed E-state index contributed by atoms with van der Waals surface area (Å²) < 4.78 is 0.845. The first-order valence-corrected chi connectivity index (χ1v) is 9.01. The van der Waals surface area contributed by atoms with Crippen molar-refractivity contribution in [2.24, 2.45) is 0 Å². The second kappa shape index (κ2) is 8.00. The van der Waals surface area contributed by atoms with Gasteiger partial charge in [-0.2, -0.15) is 0 Å². The fourth-order valence-electron chi connectivity index (χ4n) is 2.45. The molecule has 1 heterocycles. The van der Waals surface area contributed by atoms with Crippen LogP contribution in [0.1, 0.15) is 17.0 Å². The van der Waals surface area contributed by atoms with E-state index in [1.54, 1.807) is 36.5 Å². The smallest absolute Gasteiger partial charge is 0.237 e. The van der Waals surface area contributed by atoms with E-state index in [9.17, 15) is 4.79 Å². The van der Waals surface area contributed by atoms with Crippen LogP contribution in [0.2, 0.25) is 10.0 Å². The Labute approximate surface area is 164 Å². The summed E-state index contributed by atoms with van der Waals surface area (Å²) in [5.74, 6) is -0.194. The van der Waals surface area contributed by atoms with E-state index < -0.39 is 5.92 Å². The van der Waals surface area contributed by atoms with Gasteiger partial charge in [0.2, 0.25) is 5.91 Å². The zero-order chi connectivity index (χ0) is 17.8. The quantitative estimate of drug-likeness (QED) is 0.552. The lowest BCUT2D eigenvalue weighted by Crippen LogP contribution is -2.22. The highest BCUT2D eigenvalue weighted by atomic mass is 79.9. The van der Waals surface area contributed by atoms with E-state index in [2.05, 4.69) is 26.2 Å². The molecular formula is C19H13BrCl2N2O. The van der Waals surface area contributed by atoms with E-state index in [0.29, 0.717) is 15.9 Å². The summed E-state index contributed by atoms with van der Waals surface area (Å²) in [6.45, 7) is 0. The Morgan fingerprint density at radius 1 is 0.880 bits per heavy atom. The summed E-state index contributed by atoms with van der Waals surface area (Å²) in [5.41, 5.74) is 1.67. The summed E-state index contributed by atoms with van der Waals surface area (Å²) in [5, 5.41) is 4.10. The highest BCUT2D eigenvalue weighted by Gasteiger charge is 2.23. The molecule has 6 heteroatoms. The van der Waals surface area contributed by atoms with Crippen LogP contribution < -0.4 is 5.32 Å². The molecule has 0 fully saturated rings. The van der Waals surface area contributed by atoms with Crippen LogP contribution in [0, 0.1) is 0 Å². The Hall–Kier alpha value is -1.88. The zero-order valence-corrected chi connectivity index (χ0v) is 16.0. The van der Waals surface area contributed by atoms with Crippen LogP contribution in [0.25, 0.3) is 0 Å². The third kappa shape index (κ3) is 4.60. The lowest BCUT2D eigenvalue weighted by molar-refractivity contribution is -0.116. The second-order valence-corrected chi connectivity index (χ2v) is 7.18. The molecule has 3 rings (SSSR count). The van der Waals surface area contributed by atoms with E-state index in [1.165, 1.54) is 0 Å². The van der Waals surface area contributed by atoms with Gasteiger partial charge in [-0.25, -0.2) is 4.98 Å². The van der Waals surface area contributed by atoms with E-state index in [-0.39, 0.29) is 5.91 Å². The molecule has 0 unspecified atom stereocenters. The number of aromatic nitrogens is 1. The van der Waals surface area contributed by atoms with E-state index in [0.717, 1.165) is 15.6 Å². The number of nitrogens with one attached hydrogen (secondary N) is 1. The van der Waals surface area contributed by atoms with Gasteiger partial charge < -0.3 is 5.32 Å². The monoisotopic (exact) mass is 434 g/mol. The summed E-state index contributed by atoms with van der Waals surface area (Å²) in [4.78, 5) is 17.1. The molecule has 25 heavy (non-hydrogen) atoms. The standard InChI is InChI=1S/C19H13BrCl2N2O/c20-14-5-10-17(23-11-14)24-19(25)18(12-1-6-15(21)7-2-12)13-3-8-16(22)9-4-13/h1-11,18H,(H,23,24,25). The maximum absolute atomic E-state index is 12.9. The van der Waals surface area contributed by atoms with Crippen molar-refractivity contribution in [3.63, 3.8) is 0 Å². The van der Waals surface area contributed by atoms with Gasteiger partial charge in [0.1, 0.15) is 5.82 Å². The zero-order valence-electron chi connectivity index (χ0n) is 12.9. The van der Waals surface area contributed by atoms with Crippen molar-refractivity contribution in [2.45, 2.75) is 5.92 Å². The molecule has 0 aliphatic heterocycles. The summed E-state index contributed by atoms with van der Waals surface area (Å²) in [6.07, 6.45) is 1.63. The largest absolute Gasteiger partial charge is 0.310 e. The topological polar surface area (TPSA) is 42.0 Å². The fourth-order valence-corrected chi connectivity index (χ4v) is 2.94. The number of rotatable bonds is 4. The number of carbonyl (C=O) groups is 1. The number of hydrogen-bond donors (Lipinski definition) is 1. The van der Waals surface area contributed by atoms with Crippen molar-refractivity contribution in [1.82, 2.24) is 4.98 Å². The molecule has 0 bridgehead atoms. The van der Waals surface area contributed by atoms with Crippen LogP contribution >= 0.6 is 39.1 Å². The first-order chi connectivity index (χ1) is 12.0. The number of nitrogens with zero attached hydrogens (tertiary/aromatic N) is 1. The van der Waals surface area contributed by atoms with Gasteiger partial charge in [0.05, 0.1) is 5.92 Å². The third-order valence-electron chi connectivity index (χ3n) is 3.65. The number of benzene rings is 2. The Kier molecular flexibility index (Phi) is 5.74. The predicted octanol–water partition coefficient (Wildman–Crippen LogP) is 5.92. The van der Waals surface area contributed by atoms with Crippen molar-refractivity contribution in [2.75, 3.05) is 5.32 Å². The SMILES string of the molecule is O=C(Nc1ccc(Br)cn1)C(c1ccc(Cl)cc1)c1ccc(Cl)cc1. The van der Waals surface area contributed by atoms with Crippen molar-refractivity contribution < 1.29 is 4.79 Å². The third-order valence-corrected chi connectivity index (χ3v) is 4.62. The number of pyridine rings is 1. The van der Waals surface area contributed by atoms with Gasteiger partial charge in [-0.1, -0.05) is 47.5 Å². The average molecular weight is 436 g/mol. The Morgan fingerprint density at radius 2 is 1.40 bits per heavy atom. The molecule has 0 radical (unpaired) electrons. The van der Waals surface area contributed by atoms with Gasteiger partial charge in [-0.05, 0) is 63.5 Å². The summed E-state index contributed by atoms with van der Waals surface area (Å²) >= 11 is 15.3. The first-order valence-electron chi connectivity index (χ1n) is 7.46. The van der Waals surface area contributed by atoms with Crippen LogP contribution in [-0.2, 0) is 4.79 Å². The maximum atomic E-state index is 12.9. The molecule has 0 aliphatic rings. The van der Waals surface area contributed by atoms with Gasteiger partial charge >= 0.3 is 0 Å². The molecule has 1 aromatic heterocycles. The van der Waals surface area contributed by atoms with Crippen molar-refractivity contribution in [3.8, 4) is 0 Å². The molecule has 126 valence electrons. The van der Waals surface area contributed by atoms with Crippen molar-refractivity contribution in [1.29, 1.82) is 0 Å². The van der Waals surface area contributed by atoms with Gasteiger partial charge in [-0.3, -0.25) is 4.79 Å². The van der Waals surface area contributed by atoms with Crippen LogP contribution in [0.3, 0.4) is 0 Å². The fraction of sp³-hybridized carbons (Fsp3) is 0.0526. The lowest BCUT2D eigenvalue weighted by atomic mass is 9.90. The molecule has 0 spiro atoms. The van der Waals surface area contributed by atoms with Crippen LogP contribution in [-0.4, -0.2) is 10.9 Å². The van der Waals surface area contributed by atoms with Crippen LogP contribution in [0.4, 0.5) is 5.82 Å².